The van der Waals surface area contributed by atoms with Crippen LogP contribution < -0.4 is 15.1 Å². The largest absolute Gasteiger partial charge is 0.446 e. The number of fused-ring (bicyclic) bond motifs is 1. The Bertz CT molecular complexity index is 1420. The summed E-state index contributed by atoms with van der Waals surface area (Å²) < 4.78 is 5.61. The van der Waals surface area contributed by atoms with Crippen LogP contribution in [0.4, 0.5) is 21.3 Å². The minimum Gasteiger partial charge on any atom is -0.446 e. The van der Waals surface area contributed by atoms with E-state index in [-0.39, 0.29) is 27.8 Å². The van der Waals surface area contributed by atoms with E-state index in [9.17, 15) is 14.7 Å². The summed E-state index contributed by atoms with van der Waals surface area (Å²) in [6, 6.07) is 12.0. The highest BCUT2D eigenvalue weighted by molar-refractivity contribution is 7.81. The van der Waals surface area contributed by atoms with Gasteiger partial charge in [0.25, 0.3) is 5.91 Å². The third-order valence-electron chi connectivity index (χ3n) is 5.46. The number of nitrogens with one attached hydrogen (secondary N) is 1. The SMILES string of the molecule is CC1(C)C(=O)N(c2ccc(C#N)c(Cl)c2)C(=S)N1c1ccc2sc(NC(=O)OCC(O)CO)nc2c1. The molecule has 2 heterocycles. The van der Waals surface area contributed by atoms with Gasteiger partial charge in [0.2, 0.25) is 0 Å². The smallest absolute Gasteiger partial charge is 0.413 e. The molecule has 1 fully saturated rings. The Kier molecular flexibility index (Phi) is 7.12. The Hall–Kier alpha value is -3.34. The van der Waals surface area contributed by atoms with Crippen LogP contribution in [-0.2, 0) is 9.53 Å². The number of hydrogen-bond donors (Lipinski definition) is 3. The van der Waals surface area contributed by atoms with E-state index in [1.807, 2.05) is 6.07 Å². The number of nitriles is 1. The van der Waals surface area contributed by atoms with Gasteiger partial charge in [-0.3, -0.25) is 15.0 Å². The zero-order valence-corrected chi connectivity index (χ0v) is 21.4. The maximum atomic E-state index is 13.4. The number of aliphatic hydroxyl groups is 2. The van der Waals surface area contributed by atoms with Crippen molar-refractivity contribution in [3.63, 3.8) is 0 Å². The van der Waals surface area contributed by atoms with E-state index in [2.05, 4.69) is 10.3 Å². The summed E-state index contributed by atoms with van der Waals surface area (Å²) in [5.41, 5.74) is 0.906. The molecule has 0 radical (unpaired) electrons. The zero-order valence-electron chi connectivity index (χ0n) is 19.1. The minimum atomic E-state index is -1.16. The van der Waals surface area contributed by atoms with Gasteiger partial charge in [-0.05, 0) is 62.5 Å². The number of ether oxygens (including phenoxy) is 1. The molecular weight excluding hydrogens is 526 g/mol. The predicted octanol–water partition coefficient (Wildman–Crippen LogP) is 3.64. The fourth-order valence-corrected chi connectivity index (χ4v) is 5.22. The lowest BCUT2D eigenvalue weighted by atomic mass is 10.0. The van der Waals surface area contributed by atoms with E-state index in [1.165, 1.54) is 28.4 Å². The minimum absolute atomic E-state index is 0.218. The van der Waals surface area contributed by atoms with Crippen LogP contribution in [0.15, 0.2) is 36.4 Å². The van der Waals surface area contributed by atoms with Gasteiger partial charge in [-0.25, -0.2) is 9.78 Å². The summed E-state index contributed by atoms with van der Waals surface area (Å²) in [6.07, 6.45) is -1.98. The lowest BCUT2D eigenvalue weighted by molar-refractivity contribution is -0.120. The van der Waals surface area contributed by atoms with Crippen LogP contribution in [0.2, 0.25) is 5.02 Å². The van der Waals surface area contributed by atoms with Crippen LogP contribution in [0.3, 0.4) is 0 Å². The van der Waals surface area contributed by atoms with Crippen molar-refractivity contribution in [2.45, 2.75) is 25.5 Å². The Morgan fingerprint density at radius 3 is 2.72 bits per heavy atom. The summed E-state index contributed by atoms with van der Waals surface area (Å²) in [4.78, 5) is 32.8. The molecule has 2 aromatic carbocycles. The van der Waals surface area contributed by atoms with Crippen LogP contribution >= 0.6 is 35.2 Å². The molecule has 0 spiro atoms. The summed E-state index contributed by atoms with van der Waals surface area (Å²) in [7, 11) is 0. The van der Waals surface area contributed by atoms with Crippen molar-refractivity contribution in [3.8, 4) is 6.07 Å². The molecule has 13 heteroatoms. The number of rotatable bonds is 6. The number of thiocarbonyl (C=S) groups is 1. The molecule has 4 rings (SSSR count). The first-order valence-corrected chi connectivity index (χ1v) is 12.2. The number of carbonyl (C=O) groups excluding carboxylic acids is 2. The highest BCUT2D eigenvalue weighted by atomic mass is 35.5. The number of halogens is 1. The molecule has 36 heavy (non-hydrogen) atoms. The van der Waals surface area contributed by atoms with Crippen LogP contribution in [-0.4, -0.2) is 57.2 Å². The Labute approximate surface area is 220 Å². The van der Waals surface area contributed by atoms with Gasteiger partial charge in [0.05, 0.1) is 33.1 Å². The Morgan fingerprint density at radius 1 is 1.33 bits per heavy atom. The van der Waals surface area contributed by atoms with Crippen LogP contribution in [0.25, 0.3) is 10.2 Å². The quantitative estimate of drug-likeness (QED) is 0.396. The van der Waals surface area contributed by atoms with Crippen molar-refractivity contribution < 1.29 is 24.5 Å². The Balaban J connectivity index is 1.61. The molecule has 1 aliphatic heterocycles. The fraction of sp³-hybridized carbons (Fsp3) is 0.261. The molecule has 0 aliphatic carbocycles. The van der Waals surface area contributed by atoms with Crippen LogP contribution in [0, 0.1) is 11.3 Å². The zero-order chi connectivity index (χ0) is 26.2. The van der Waals surface area contributed by atoms with Gasteiger partial charge in [-0.15, -0.1) is 0 Å². The second kappa shape index (κ2) is 9.96. The molecule has 1 aromatic heterocycles. The average molecular weight is 546 g/mol. The van der Waals surface area contributed by atoms with Crippen LogP contribution in [0.1, 0.15) is 19.4 Å². The third-order valence-corrected chi connectivity index (χ3v) is 7.08. The van der Waals surface area contributed by atoms with Crippen LogP contribution in [0.5, 0.6) is 0 Å². The van der Waals surface area contributed by atoms with E-state index in [1.54, 1.807) is 43.0 Å². The lowest BCUT2D eigenvalue weighted by Crippen LogP contribution is -2.44. The maximum Gasteiger partial charge on any atom is 0.413 e. The molecule has 3 N–H and O–H groups in total. The first-order chi connectivity index (χ1) is 17.1. The number of nitrogens with zero attached hydrogens (tertiary/aromatic N) is 4. The molecule has 2 amide bonds. The van der Waals surface area contributed by atoms with Crippen molar-refractivity contribution in [3.05, 3.63) is 47.0 Å². The van der Waals surface area contributed by atoms with Gasteiger partial charge >= 0.3 is 6.09 Å². The number of aromatic nitrogens is 1. The van der Waals surface area contributed by atoms with Gasteiger partial charge in [0.1, 0.15) is 24.3 Å². The number of benzene rings is 2. The standard InChI is InChI=1S/C23H20ClN5O5S2/c1-23(2)19(32)28(13-4-3-12(9-25)16(24)7-13)22(35)29(23)14-5-6-18-17(8-14)26-20(36-18)27-21(33)34-11-15(31)10-30/h3-8,15,30-31H,10-11H2,1-2H3,(H,26,27,33). The van der Waals surface area contributed by atoms with Crippen molar-refractivity contribution in [2.75, 3.05) is 28.3 Å². The number of anilines is 3. The predicted molar refractivity (Wildman–Crippen MR) is 140 cm³/mol. The van der Waals surface area contributed by atoms with Gasteiger partial charge in [-0.2, -0.15) is 5.26 Å². The number of carbonyl (C=O) groups is 2. The number of amides is 2. The Morgan fingerprint density at radius 2 is 2.06 bits per heavy atom. The second-order valence-corrected chi connectivity index (χ2v) is 10.1. The first kappa shape index (κ1) is 25.7. The van der Waals surface area contributed by atoms with E-state index in [0.717, 1.165) is 4.70 Å². The van der Waals surface area contributed by atoms with E-state index < -0.39 is 24.3 Å². The highest BCUT2D eigenvalue weighted by Gasteiger charge is 2.50. The molecule has 1 unspecified atom stereocenters. The number of thiazole rings is 1. The molecule has 0 saturated carbocycles. The lowest BCUT2D eigenvalue weighted by Gasteiger charge is -2.29. The fourth-order valence-electron chi connectivity index (χ4n) is 3.65. The maximum absolute atomic E-state index is 13.4. The molecule has 10 nitrogen and oxygen atoms in total. The summed E-state index contributed by atoms with van der Waals surface area (Å²) in [5.74, 6) is -0.262. The average Bonchev–Trinajstić information content (AvgIpc) is 3.31. The van der Waals surface area contributed by atoms with E-state index in [4.69, 9.17) is 38.9 Å². The molecule has 1 aliphatic rings. The second-order valence-electron chi connectivity index (χ2n) is 8.32. The summed E-state index contributed by atoms with van der Waals surface area (Å²) in [6.45, 7) is 2.63. The van der Waals surface area contributed by atoms with Crippen molar-refractivity contribution in [1.82, 2.24) is 4.98 Å². The molecule has 3 aromatic rings. The third kappa shape index (κ3) is 4.71. The molecular formula is C23H20ClN5O5S2. The molecule has 186 valence electrons. The van der Waals surface area contributed by atoms with Gasteiger partial charge in [0, 0.05) is 5.69 Å². The van der Waals surface area contributed by atoms with Crippen molar-refractivity contribution in [2.24, 2.45) is 0 Å². The summed E-state index contributed by atoms with van der Waals surface area (Å²) in [5, 5.41) is 30.5. The van der Waals surface area contributed by atoms with Gasteiger partial charge in [0.15, 0.2) is 10.2 Å². The topological polar surface area (TPSA) is 139 Å². The summed E-state index contributed by atoms with van der Waals surface area (Å²) >= 11 is 13.1. The number of hydrogen-bond acceptors (Lipinski definition) is 9. The van der Waals surface area contributed by atoms with E-state index in [0.29, 0.717) is 22.5 Å². The monoisotopic (exact) mass is 545 g/mol. The molecule has 0 bridgehead atoms. The van der Waals surface area contributed by atoms with Gasteiger partial charge < -0.3 is 19.8 Å². The molecule has 1 saturated heterocycles. The van der Waals surface area contributed by atoms with Crippen molar-refractivity contribution >= 4 is 79.0 Å². The number of aliphatic hydroxyl groups excluding tert-OH is 2. The highest BCUT2D eigenvalue weighted by Crippen LogP contribution is 2.39. The van der Waals surface area contributed by atoms with Crippen molar-refractivity contribution in [1.29, 1.82) is 5.26 Å². The molecule has 1 atom stereocenters. The van der Waals surface area contributed by atoms with E-state index >= 15 is 0 Å². The van der Waals surface area contributed by atoms with Gasteiger partial charge in [-0.1, -0.05) is 22.9 Å². The normalized spacial score (nSPS) is 15.8. The first-order valence-electron chi connectivity index (χ1n) is 10.6.